The minimum absolute atomic E-state index is 0.606. The summed E-state index contributed by atoms with van der Waals surface area (Å²) in [5, 5.41) is 2.45. The molecule has 4 heterocycles. The van der Waals surface area contributed by atoms with Crippen molar-refractivity contribution in [2.45, 2.75) is 0 Å². The van der Waals surface area contributed by atoms with Gasteiger partial charge in [-0.1, -0.05) is 60.7 Å². The summed E-state index contributed by atoms with van der Waals surface area (Å²) in [6.07, 6.45) is 7.32. The quantitative estimate of drug-likeness (QED) is 0.207. The van der Waals surface area contributed by atoms with E-state index in [-0.39, 0.29) is 0 Å². The van der Waals surface area contributed by atoms with Crippen molar-refractivity contribution in [2.24, 2.45) is 0 Å². The number of thiophene rings is 1. The van der Waals surface area contributed by atoms with Crippen LogP contribution in [0, 0.1) is 0 Å². The first-order valence-corrected chi connectivity index (χ1v) is 14.8. The SMILES string of the molecule is c1ccc(-c2nc(-c3cc(-c4cccnc4)cc(-c4cccnc4)c3)nc(-c3ccc4sc5ccccc5c4c3)n2)cc1. The molecule has 0 unspecified atom stereocenters. The molecule has 43 heavy (non-hydrogen) atoms. The minimum Gasteiger partial charge on any atom is -0.264 e. The summed E-state index contributed by atoms with van der Waals surface area (Å²) in [5.74, 6) is 1.87. The molecular formula is C37H23N5S. The first-order chi connectivity index (χ1) is 21.3. The number of hydrogen-bond donors (Lipinski definition) is 0. The fourth-order valence-corrected chi connectivity index (χ4v) is 6.46. The second kappa shape index (κ2) is 10.7. The van der Waals surface area contributed by atoms with Crippen LogP contribution in [0.4, 0.5) is 0 Å². The second-order valence-electron chi connectivity index (χ2n) is 10.3. The minimum atomic E-state index is 0.606. The van der Waals surface area contributed by atoms with E-state index < -0.39 is 0 Å². The maximum atomic E-state index is 5.09. The lowest BCUT2D eigenvalue weighted by atomic mass is 9.97. The molecule has 0 saturated carbocycles. The predicted molar refractivity (Wildman–Crippen MR) is 175 cm³/mol. The van der Waals surface area contributed by atoms with Crippen molar-refractivity contribution in [1.82, 2.24) is 24.9 Å². The van der Waals surface area contributed by atoms with Crippen molar-refractivity contribution in [1.29, 1.82) is 0 Å². The van der Waals surface area contributed by atoms with Crippen LogP contribution in [0.1, 0.15) is 0 Å². The molecule has 0 bridgehead atoms. The molecule has 8 rings (SSSR count). The Morgan fingerprint density at radius 3 is 1.60 bits per heavy atom. The number of rotatable bonds is 5. The van der Waals surface area contributed by atoms with Gasteiger partial charge in [-0.05, 0) is 65.7 Å². The molecule has 0 N–H and O–H groups in total. The van der Waals surface area contributed by atoms with Crippen molar-refractivity contribution >= 4 is 31.5 Å². The monoisotopic (exact) mass is 569 g/mol. The van der Waals surface area contributed by atoms with Gasteiger partial charge in [0.2, 0.25) is 0 Å². The van der Waals surface area contributed by atoms with Crippen LogP contribution in [-0.4, -0.2) is 24.9 Å². The van der Waals surface area contributed by atoms with Crippen molar-refractivity contribution in [3.63, 3.8) is 0 Å². The van der Waals surface area contributed by atoms with Crippen molar-refractivity contribution < 1.29 is 0 Å². The topological polar surface area (TPSA) is 64.5 Å². The number of nitrogens with zero attached hydrogens (tertiary/aromatic N) is 5. The van der Waals surface area contributed by atoms with Gasteiger partial charge in [-0.2, -0.15) is 0 Å². The Morgan fingerprint density at radius 2 is 0.930 bits per heavy atom. The fraction of sp³-hybridized carbons (Fsp3) is 0. The first-order valence-electron chi connectivity index (χ1n) is 14.0. The molecule has 0 aliphatic heterocycles. The summed E-state index contributed by atoms with van der Waals surface area (Å²) in [6, 6.07) is 39.5. The molecule has 0 spiro atoms. The summed E-state index contributed by atoms with van der Waals surface area (Å²) in [4.78, 5) is 23.8. The molecule has 4 aromatic heterocycles. The van der Waals surface area contributed by atoms with E-state index in [0.717, 1.165) is 38.9 Å². The van der Waals surface area contributed by atoms with Gasteiger partial charge in [-0.15, -0.1) is 11.3 Å². The average Bonchev–Trinajstić information content (AvgIpc) is 3.47. The predicted octanol–water partition coefficient (Wildman–Crippen LogP) is 9.36. The third kappa shape index (κ3) is 4.84. The lowest BCUT2D eigenvalue weighted by Gasteiger charge is -2.12. The van der Waals surface area contributed by atoms with Gasteiger partial charge in [0.25, 0.3) is 0 Å². The van der Waals surface area contributed by atoms with Crippen LogP contribution in [0.15, 0.2) is 140 Å². The average molecular weight is 570 g/mol. The molecule has 0 aliphatic rings. The van der Waals surface area contributed by atoms with Crippen molar-refractivity contribution in [3.05, 3.63) is 140 Å². The molecule has 4 aromatic carbocycles. The van der Waals surface area contributed by atoms with Crippen LogP contribution in [0.25, 0.3) is 76.6 Å². The highest BCUT2D eigenvalue weighted by Gasteiger charge is 2.16. The standard InChI is InChI=1S/C37H23N5S/c1-2-8-24(9-3-1)35-40-36(25-14-15-34-32(21-25)31-12-4-5-13-33(31)43-34)42-37(41-35)30-19-28(26-10-6-16-38-22-26)18-29(20-30)27-11-7-17-39-23-27/h1-23H. The van der Waals surface area contributed by atoms with Gasteiger partial charge in [0, 0.05) is 72.8 Å². The molecule has 0 atom stereocenters. The number of aromatic nitrogens is 5. The summed E-state index contributed by atoms with van der Waals surface area (Å²) in [5.41, 5.74) is 6.86. The zero-order valence-electron chi connectivity index (χ0n) is 22.9. The van der Waals surface area contributed by atoms with Gasteiger partial charge < -0.3 is 0 Å². The van der Waals surface area contributed by atoms with Crippen LogP contribution in [0.2, 0.25) is 0 Å². The van der Waals surface area contributed by atoms with Crippen molar-refractivity contribution in [2.75, 3.05) is 0 Å². The van der Waals surface area contributed by atoms with Gasteiger partial charge in [-0.25, -0.2) is 15.0 Å². The summed E-state index contributed by atoms with van der Waals surface area (Å²) < 4.78 is 2.51. The lowest BCUT2D eigenvalue weighted by Crippen LogP contribution is -2.00. The van der Waals surface area contributed by atoms with E-state index in [1.54, 1.807) is 23.7 Å². The van der Waals surface area contributed by atoms with E-state index in [1.807, 2.05) is 54.9 Å². The highest BCUT2D eigenvalue weighted by atomic mass is 32.1. The maximum absolute atomic E-state index is 5.09. The van der Waals surface area contributed by atoms with E-state index in [9.17, 15) is 0 Å². The lowest BCUT2D eigenvalue weighted by molar-refractivity contribution is 1.07. The van der Waals surface area contributed by atoms with E-state index in [2.05, 4.69) is 82.8 Å². The number of hydrogen-bond acceptors (Lipinski definition) is 6. The first kappa shape index (κ1) is 25.1. The number of benzene rings is 4. The van der Waals surface area contributed by atoms with Gasteiger partial charge in [0.05, 0.1) is 0 Å². The highest BCUT2D eigenvalue weighted by molar-refractivity contribution is 7.25. The van der Waals surface area contributed by atoms with Crippen LogP contribution in [0.3, 0.4) is 0 Å². The van der Waals surface area contributed by atoms with Crippen LogP contribution in [-0.2, 0) is 0 Å². The summed E-state index contributed by atoms with van der Waals surface area (Å²) in [7, 11) is 0. The van der Waals surface area contributed by atoms with Crippen LogP contribution >= 0.6 is 11.3 Å². The van der Waals surface area contributed by atoms with Gasteiger partial charge >= 0.3 is 0 Å². The second-order valence-corrected chi connectivity index (χ2v) is 11.3. The Bertz CT molecular complexity index is 2170. The normalized spacial score (nSPS) is 11.3. The molecule has 5 nitrogen and oxygen atoms in total. The van der Waals surface area contributed by atoms with Crippen molar-refractivity contribution in [3.8, 4) is 56.4 Å². The summed E-state index contributed by atoms with van der Waals surface area (Å²) >= 11 is 1.80. The number of fused-ring (bicyclic) bond motifs is 3. The van der Waals surface area contributed by atoms with Gasteiger partial charge in [-0.3, -0.25) is 9.97 Å². The Kier molecular flexibility index (Phi) is 6.24. The highest BCUT2D eigenvalue weighted by Crippen LogP contribution is 2.37. The van der Waals surface area contributed by atoms with Gasteiger partial charge in [0.15, 0.2) is 17.5 Å². The van der Waals surface area contributed by atoms with Gasteiger partial charge in [0.1, 0.15) is 0 Å². The Morgan fingerprint density at radius 1 is 0.372 bits per heavy atom. The zero-order chi connectivity index (χ0) is 28.6. The molecular weight excluding hydrogens is 547 g/mol. The fourth-order valence-electron chi connectivity index (χ4n) is 5.37. The Labute approximate surface area is 252 Å². The van der Waals surface area contributed by atoms with Crippen LogP contribution in [0.5, 0.6) is 0 Å². The smallest absolute Gasteiger partial charge is 0.164 e. The molecule has 8 aromatic rings. The van der Waals surface area contributed by atoms with E-state index in [0.29, 0.717) is 17.5 Å². The Hall–Kier alpha value is -5.59. The third-order valence-corrected chi connectivity index (χ3v) is 8.64. The Balaban J connectivity index is 1.35. The van der Waals surface area contributed by atoms with E-state index >= 15 is 0 Å². The molecule has 0 aliphatic carbocycles. The molecule has 0 saturated heterocycles. The molecule has 0 amide bonds. The van der Waals surface area contributed by atoms with E-state index in [4.69, 9.17) is 15.0 Å². The maximum Gasteiger partial charge on any atom is 0.164 e. The molecule has 202 valence electrons. The zero-order valence-corrected chi connectivity index (χ0v) is 23.7. The third-order valence-electron chi connectivity index (χ3n) is 7.48. The number of pyridine rings is 2. The molecule has 6 heteroatoms. The molecule has 0 radical (unpaired) electrons. The largest absolute Gasteiger partial charge is 0.264 e. The molecule has 0 fully saturated rings. The summed E-state index contributed by atoms with van der Waals surface area (Å²) in [6.45, 7) is 0. The van der Waals surface area contributed by atoms with E-state index in [1.165, 1.54) is 20.2 Å². The van der Waals surface area contributed by atoms with Crippen LogP contribution < -0.4 is 0 Å².